The van der Waals surface area contributed by atoms with Crippen LogP contribution in [0.5, 0.6) is 0 Å². The van der Waals surface area contributed by atoms with E-state index in [1.807, 2.05) is 13.2 Å². The van der Waals surface area contributed by atoms with E-state index < -0.39 is 0 Å². The van der Waals surface area contributed by atoms with Crippen molar-refractivity contribution in [2.45, 2.75) is 33.2 Å². The molecule has 2 rings (SSSR count). The quantitative estimate of drug-likeness (QED) is 0.883. The highest BCUT2D eigenvalue weighted by molar-refractivity contribution is 5.49. The van der Waals surface area contributed by atoms with Gasteiger partial charge in [0.15, 0.2) is 0 Å². The second kappa shape index (κ2) is 6.99. The van der Waals surface area contributed by atoms with E-state index in [4.69, 9.17) is 4.98 Å². The van der Waals surface area contributed by atoms with E-state index in [9.17, 15) is 0 Å². The maximum Gasteiger partial charge on any atom is 0.131 e. The first-order valence-corrected chi connectivity index (χ1v) is 7.63. The Morgan fingerprint density at radius 1 is 1.25 bits per heavy atom. The highest BCUT2D eigenvalue weighted by Crippen LogP contribution is 2.21. The number of nitrogens with one attached hydrogen (secondary N) is 1. The van der Waals surface area contributed by atoms with Crippen molar-refractivity contribution >= 4 is 5.69 Å². The van der Waals surface area contributed by atoms with E-state index in [-0.39, 0.29) is 0 Å². The summed E-state index contributed by atoms with van der Waals surface area (Å²) in [6, 6.07) is 0. The lowest BCUT2D eigenvalue weighted by Gasteiger charge is -2.36. The lowest BCUT2D eigenvalue weighted by Crippen LogP contribution is -2.46. The molecule has 1 aliphatic heterocycles. The number of hydrogen-bond donors (Lipinski definition) is 1. The van der Waals surface area contributed by atoms with Gasteiger partial charge in [-0.15, -0.1) is 0 Å². The second-order valence-electron chi connectivity index (χ2n) is 5.67. The number of anilines is 1. The van der Waals surface area contributed by atoms with E-state index in [0.717, 1.165) is 50.8 Å². The van der Waals surface area contributed by atoms with Crippen LogP contribution in [0.1, 0.15) is 38.2 Å². The van der Waals surface area contributed by atoms with Gasteiger partial charge >= 0.3 is 0 Å². The normalized spacial score (nSPS) is 16.9. The Kier molecular flexibility index (Phi) is 5.31. The summed E-state index contributed by atoms with van der Waals surface area (Å²) in [4.78, 5) is 14.2. The Hall–Kier alpha value is -1.20. The van der Waals surface area contributed by atoms with Crippen LogP contribution in [0.3, 0.4) is 0 Å². The van der Waals surface area contributed by atoms with Crippen LogP contribution in [0.4, 0.5) is 5.69 Å². The molecule has 0 aliphatic carbocycles. The maximum absolute atomic E-state index is 4.75. The molecule has 5 nitrogen and oxygen atoms in total. The van der Waals surface area contributed by atoms with Crippen LogP contribution in [-0.4, -0.2) is 54.6 Å². The lowest BCUT2D eigenvalue weighted by atomic mass is 10.2. The smallest absolute Gasteiger partial charge is 0.131 e. The summed E-state index contributed by atoms with van der Waals surface area (Å²) in [5, 5.41) is 3.22. The third-order valence-corrected chi connectivity index (χ3v) is 3.89. The van der Waals surface area contributed by atoms with Gasteiger partial charge in [0.2, 0.25) is 0 Å². The molecule has 5 heteroatoms. The molecule has 2 heterocycles. The van der Waals surface area contributed by atoms with Crippen molar-refractivity contribution in [3.63, 3.8) is 0 Å². The minimum atomic E-state index is 0.372. The molecule has 0 spiro atoms. The van der Waals surface area contributed by atoms with Crippen LogP contribution >= 0.6 is 0 Å². The first kappa shape index (κ1) is 15.2. The summed E-state index contributed by atoms with van der Waals surface area (Å²) in [6.07, 6.45) is 2.01. The molecule has 20 heavy (non-hydrogen) atoms. The number of nitrogens with zero attached hydrogens (tertiary/aromatic N) is 4. The molecule has 112 valence electrons. The fourth-order valence-corrected chi connectivity index (χ4v) is 2.57. The zero-order chi connectivity index (χ0) is 14.5. The van der Waals surface area contributed by atoms with Gasteiger partial charge in [-0.05, 0) is 13.6 Å². The molecule has 1 aliphatic rings. The summed E-state index contributed by atoms with van der Waals surface area (Å²) in [5.41, 5.74) is 2.32. The van der Waals surface area contributed by atoms with E-state index in [2.05, 4.69) is 40.9 Å². The highest BCUT2D eigenvalue weighted by atomic mass is 15.3. The van der Waals surface area contributed by atoms with Gasteiger partial charge < -0.3 is 15.1 Å². The number of likely N-dealkylation sites (N-methyl/N-ethyl adjacent to an activating group) is 1. The fourth-order valence-electron chi connectivity index (χ4n) is 2.57. The monoisotopic (exact) mass is 277 g/mol. The lowest BCUT2D eigenvalue weighted by molar-refractivity contribution is 0.271. The number of hydrogen-bond acceptors (Lipinski definition) is 5. The molecule has 0 aromatic carbocycles. The van der Waals surface area contributed by atoms with Gasteiger partial charge in [0.05, 0.1) is 17.6 Å². The van der Waals surface area contributed by atoms with Crippen molar-refractivity contribution in [1.29, 1.82) is 0 Å². The van der Waals surface area contributed by atoms with Gasteiger partial charge in [-0.3, -0.25) is 0 Å². The third-order valence-electron chi connectivity index (χ3n) is 3.89. The Morgan fingerprint density at radius 3 is 2.50 bits per heavy atom. The van der Waals surface area contributed by atoms with E-state index in [0.29, 0.717) is 5.92 Å². The van der Waals surface area contributed by atoms with Crippen molar-refractivity contribution < 1.29 is 0 Å². The molecule has 0 amide bonds. The number of piperazine rings is 1. The molecule has 1 saturated heterocycles. The predicted molar refractivity (Wildman–Crippen MR) is 83.2 cm³/mol. The first-order chi connectivity index (χ1) is 9.65. The molecule has 0 unspecified atom stereocenters. The first-order valence-electron chi connectivity index (χ1n) is 7.63. The summed E-state index contributed by atoms with van der Waals surface area (Å²) in [5.74, 6) is 1.31. The Balaban J connectivity index is 2.18. The van der Waals surface area contributed by atoms with Gasteiger partial charge in [0.1, 0.15) is 5.82 Å². The summed E-state index contributed by atoms with van der Waals surface area (Å²) in [7, 11) is 1.97. The standard InChI is InChI=1S/C15H27N5/c1-5-19-6-8-20(9-7-19)14-11-17-15(12(2)3)18-13(14)10-16-4/h11-12,16H,5-10H2,1-4H3. The van der Waals surface area contributed by atoms with Crippen molar-refractivity contribution in [2.75, 3.05) is 44.7 Å². The average molecular weight is 277 g/mol. The molecule has 1 aromatic heterocycles. The fraction of sp³-hybridized carbons (Fsp3) is 0.733. The molecule has 0 saturated carbocycles. The molecule has 0 radical (unpaired) electrons. The van der Waals surface area contributed by atoms with Gasteiger partial charge in [-0.2, -0.15) is 0 Å². The van der Waals surface area contributed by atoms with Crippen LogP contribution in [0.25, 0.3) is 0 Å². The van der Waals surface area contributed by atoms with Gasteiger partial charge in [-0.1, -0.05) is 20.8 Å². The van der Waals surface area contributed by atoms with Crippen LogP contribution < -0.4 is 10.2 Å². The Morgan fingerprint density at radius 2 is 1.95 bits per heavy atom. The zero-order valence-corrected chi connectivity index (χ0v) is 13.2. The van der Waals surface area contributed by atoms with Crippen LogP contribution in [0.2, 0.25) is 0 Å². The van der Waals surface area contributed by atoms with Crippen molar-refractivity contribution in [3.05, 3.63) is 17.7 Å². The van der Waals surface area contributed by atoms with Gasteiger partial charge in [-0.25, -0.2) is 9.97 Å². The van der Waals surface area contributed by atoms with Crippen molar-refractivity contribution in [1.82, 2.24) is 20.2 Å². The third kappa shape index (κ3) is 3.46. The number of rotatable bonds is 5. The Labute approximate surface area is 122 Å². The molecule has 1 N–H and O–H groups in total. The molecular weight excluding hydrogens is 250 g/mol. The van der Waals surface area contributed by atoms with Crippen LogP contribution in [0, 0.1) is 0 Å². The largest absolute Gasteiger partial charge is 0.366 e. The van der Waals surface area contributed by atoms with Gasteiger partial charge in [0, 0.05) is 38.6 Å². The van der Waals surface area contributed by atoms with E-state index in [1.165, 1.54) is 5.69 Å². The average Bonchev–Trinajstić information content (AvgIpc) is 2.47. The van der Waals surface area contributed by atoms with Crippen molar-refractivity contribution in [3.8, 4) is 0 Å². The van der Waals surface area contributed by atoms with E-state index >= 15 is 0 Å². The molecule has 1 fully saturated rings. The number of aromatic nitrogens is 2. The molecular formula is C15H27N5. The SMILES string of the molecule is CCN1CCN(c2cnc(C(C)C)nc2CNC)CC1. The maximum atomic E-state index is 4.75. The second-order valence-corrected chi connectivity index (χ2v) is 5.67. The molecule has 1 aromatic rings. The van der Waals surface area contributed by atoms with Crippen LogP contribution in [-0.2, 0) is 6.54 Å². The molecule has 0 bridgehead atoms. The van der Waals surface area contributed by atoms with Crippen LogP contribution in [0.15, 0.2) is 6.20 Å². The summed E-state index contributed by atoms with van der Waals surface area (Å²) < 4.78 is 0. The Bertz CT molecular complexity index is 424. The topological polar surface area (TPSA) is 44.3 Å². The van der Waals surface area contributed by atoms with Gasteiger partial charge in [0.25, 0.3) is 0 Å². The highest BCUT2D eigenvalue weighted by Gasteiger charge is 2.19. The minimum absolute atomic E-state index is 0.372. The van der Waals surface area contributed by atoms with E-state index in [1.54, 1.807) is 0 Å². The summed E-state index contributed by atoms with van der Waals surface area (Å²) in [6.45, 7) is 12.8. The minimum Gasteiger partial charge on any atom is -0.366 e. The molecule has 0 atom stereocenters. The van der Waals surface area contributed by atoms with Crippen molar-refractivity contribution in [2.24, 2.45) is 0 Å². The zero-order valence-electron chi connectivity index (χ0n) is 13.2. The summed E-state index contributed by atoms with van der Waals surface area (Å²) >= 11 is 0. The predicted octanol–water partition coefficient (Wildman–Crippen LogP) is 1.46.